The van der Waals surface area contributed by atoms with Crippen LogP contribution in [0.15, 0.2) is 47.5 Å². The van der Waals surface area contributed by atoms with Crippen LogP contribution in [0.2, 0.25) is 0 Å². The van der Waals surface area contributed by atoms with Gasteiger partial charge in [0.15, 0.2) is 5.96 Å². The van der Waals surface area contributed by atoms with Crippen molar-refractivity contribution in [3.8, 4) is 11.3 Å². The lowest BCUT2D eigenvalue weighted by atomic mass is 9.49. The van der Waals surface area contributed by atoms with Crippen LogP contribution in [0, 0.1) is 17.8 Å². The fourth-order valence-electron chi connectivity index (χ4n) is 7.16. The predicted molar refractivity (Wildman–Crippen MR) is 131 cm³/mol. The fraction of sp³-hybridized carbons (Fsp3) is 0.556. The number of hydrogen-bond donors (Lipinski definition) is 2. The Balaban J connectivity index is 1.42. The van der Waals surface area contributed by atoms with Crippen LogP contribution in [0.5, 0.6) is 0 Å². The average Bonchev–Trinajstić information content (AvgIpc) is 3.20. The van der Waals surface area contributed by atoms with Crippen LogP contribution in [0.4, 0.5) is 0 Å². The highest BCUT2D eigenvalue weighted by atomic mass is 16.5. The largest absolute Gasteiger partial charge is 0.385 e. The van der Waals surface area contributed by atoms with Gasteiger partial charge in [0, 0.05) is 37.1 Å². The van der Waals surface area contributed by atoms with Gasteiger partial charge in [-0.1, -0.05) is 30.3 Å². The Morgan fingerprint density at radius 3 is 2.39 bits per heavy atom. The number of benzene rings is 1. The molecule has 176 valence electrons. The molecule has 6 nitrogen and oxygen atoms in total. The van der Waals surface area contributed by atoms with Gasteiger partial charge in [0.2, 0.25) is 5.91 Å². The molecule has 0 radical (unpaired) electrons. The normalized spacial score (nSPS) is 28.3. The number of nitrogens with one attached hydrogen (secondary N) is 1. The number of aromatic nitrogens is 1. The first-order chi connectivity index (χ1) is 16.1. The second kappa shape index (κ2) is 9.34. The number of aliphatic imine (C=N–C) groups is 1. The zero-order valence-corrected chi connectivity index (χ0v) is 19.6. The molecule has 2 aromatic rings. The van der Waals surface area contributed by atoms with Crippen molar-refractivity contribution < 1.29 is 9.53 Å². The van der Waals surface area contributed by atoms with E-state index in [1.807, 2.05) is 6.07 Å². The molecule has 1 heterocycles. The number of nitrogens with zero attached hydrogens (tertiary/aromatic N) is 2. The second-order valence-corrected chi connectivity index (χ2v) is 10.4. The molecule has 6 rings (SSSR count). The number of methoxy groups -OCH3 is 1. The Morgan fingerprint density at radius 1 is 1.09 bits per heavy atom. The summed E-state index contributed by atoms with van der Waals surface area (Å²) < 4.78 is 7.30. The fourth-order valence-corrected chi connectivity index (χ4v) is 7.16. The number of hydrogen-bond acceptors (Lipinski definition) is 3. The van der Waals surface area contributed by atoms with Crippen molar-refractivity contribution in [1.82, 2.24) is 9.88 Å². The average molecular weight is 449 g/mol. The molecule has 4 saturated carbocycles. The minimum absolute atomic E-state index is 0.123. The third kappa shape index (κ3) is 4.58. The summed E-state index contributed by atoms with van der Waals surface area (Å²) in [6, 6.07) is 14.9. The van der Waals surface area contributed by atoms with Gasteiger partial charge in [0.05, 0.1) is 0 Å². The zero-order valence-electron chi connectivity index (χ0n) is 19.6. The molecule has 4 aliphatic carbocycles. The molecule has 1 amide bonds. The number of rotatable bonds is 8. The Hall–Kier alpha value is -2.60. The molecule has 0 saturated heterocycles. The van der Waals surface area contributed by atoms with Crippen LogP contribution in [-0.2, 0) is 21.5 Å². The highest BCUT2D eigenvalue weighted by Gasteiger charge is 2.52. The minimum atomic E-state index is -0.123. The molecular formula is C27H36N4O2. The van der Waals surface area contributed by atoms with E-state index in [1.54, 1.807) is 7.11 Å². The Morgan fingerprint density at radius 2 is 1.76 bits per heavy atom. The first-order valence-corrected chi connectivity index (χ1v) is 12.4. The molecule has 1 aromatic carbocycles. The molecule has 6 heteroatoms. The summed E-state index contributed by atoms with van der Waals surface area (Å²) in [5.74, 6) is 2.61. The lowest BCUT2D eigenvalue weighted by Gasteiger charge is -2.57. The number of carbonyl (C=O) groups excluding carboxylic acids is 1. The van der Waals surface area contributed by atoms with Gasteiger partial charge in [-0.05, 0) is 80.4 Å². The Kier molecular flexibility index (Phi) is 6.28. The van der Waals surface area contributed by atoms with Gasteiger partial charge < -0.3 is 15.0 Å². The standard InChI is InChI=1S/C27H36N4O2/c1-33-11-5-10-29-26(28)30-25(32)18-31-23(22-6-3-2-4-7-22)8-9-24(31)27-15-19-12-20(16-27)14-21(13-19)17-27/h2-4,6-9,19-21H,5,10-18H2,1H3,(H3,28,29,30,32). The summed E-state index contributed by atoms with van der Waals surface area (Å²) in [4.78, 5) is 17.3. The van der Waals surface area contributed by atoms with E-state index in [1.165, 1.54) is 44.2 Å². The van der Waals surface area contributed by atoms with Crippen LogP contribution >= 0.6 is 0 Å². The van der Waals surface area contributed by atoms with E-state index in [2.05, 4.69) is 51.3 Å². The maximum atomic E-state index is 13.1. The molecule has 4 bridgehead atoms. The van der Waals surface area contributed by atoms with Crippen LogP contribution in [-0.4, -0.2) is 36.7 Å². The molecular weight excluding hydrogens is 412 g/mol. The van der Waals surface area contributed by atoms with Crippen LogP contribution < -0.4 is 11.1 Å². The molecule has 0 atom stereocenters. The van der Waals surface area contributed by atoms with Gasteiger partial charge >= 0.3 is 0 Å². The molecule has 33 heavy (non-hydrogen) atoms. The number of ether oxygens (including phenoxy) is 1. The van der Waals surface area contributed by atoms with Gasteiger partial charge in [-0.25, -0.2) is 0 Å². The maximum absolute atomic E-state index is 13.1. The van der Waals surface area contributed by atoms with E-state index in [0.717, 1.165) is 35.4 Å². The maximum Gasteiger partial charge on any atom is 0.246 e. The van der Waals surface area contributed by atoms with Gasteiger partial charge in [-0.3, -0.25) is 15.1 Å². The summed E-state index contributed by atoms with van der Waals surface area (Å²) in [5, 5.41) is 2.80. The highest BCUT2D eigenvalue weighted by Crippen LogP contribution is 2.61. The van der Waals surface area contributed by atoms with E-state index in [9.17, 15) is 4.79 Å². The van der Waals surface area contributed by atoms with Crippen molar-refractivity contribution >= 4 is 11.9 Å². The molecule has 0 aliphatic heterocycles. The smallest absolute Gasteiger partial charge is 0.246 e. The molecule has 0 unspecified atom stereocenters. The van der Waals surface area contributed by atoms with Crippen molar-refractivity contribution in [3.63, 3.8) is 0 Å². The molecule has 4 aliphatic rings. The van der Waals surface area contributed by atoms with Crippen molar-refractivity contribution in [2.75, 3.05) is 20.3 Å². The van der Waals surface area contributed by atoms with Crippen LogP contribution in [0.1, 0.15) is 50.6 Å². The van der Waals surface area contributed by atoms with Gasteiger partial charge in [0.25, 0.3) is 0 Å². The lowest BCUT2D eigenvalue weighted by molar-refractivity contribution is -0.120. The van der Waals surface area contributed by atoms with Crippen molar-refractivity contribution in [1.29, 1.82) is 0 Å². The second-order valence-electron chi connectivity index (χ2n) is 10.4. The van der Waals surface area contributed by atoms with E-state index >= 15 is 0 Å². The number of guanidine groups is 1. The number of amides is 1. The molecule has 4 fully saturated rings. The first kappa shape index (κ1) is 22.2. The predicted octanol–water partition coefficient (Wildman–Crippen LogP) is 4.09. The van der Waals surface area contributed by atoms with Gasteiger partial charge in [-0.2, -0.15) is 0 Å². The Labute approximate surface area is 196 Å². The lowest BCUT2D eigenvalue weighted by Crippen LogP contribution is -2.49. The summed E-state index contributed by atoms with van der Waals surface area (Å²) in [7, 11) is 1.66. The molecule has 3 N–H and O–H groups in total. The van der Waals surface area contributed by atoms with E-state index in [-0.39, 0.29) is 23.8 Å². The number of carbonyl (C=O) groups is 1. The van der Waals surface area contributed by atoms with Crippen molar-refractivity contribution in [2.24, 2.45) is 28.5 Å². The van der Waals surface area contributed by atoms with E-state index in [4.69, 9.17) is 10.5 Å². The van der Waals surface area contributed by atoms with Crippen LogP contribution in [0.3, 0.4) is 0 Å². The summed E-state index contributed by atoms with van der Waals surface area (Å²) in [5.41, 5.74) is 9.78. The van der Waals surface area contributed by atoms with Crippen molar-refractivity contribution in [3.05, 3.63) is 48.2 Å². The van der Waals surface area contributed by atoms with Gasteiger partial charge in [-0.15, -0.1) is 0 Å². The quantitative estimate of drug-likeness (QED) is 0.363. The highest BCUT2D eigenvalue weighted by molar-refractivity contribution is 5.96. The summed E-state index contributed by atoms with van der Waals surface area (Å²) in [6.45, 7) is 1.42. The van der Waals surface area contributed by atoms with E-state index in [0.29, 0.717) is 13.2 Å². The Bertz CT molecular complexity index is 975. The van der Waals surface area contributed by atoms with E-state index < -0.39 is 0 Å². The van der Waals surface area contributed by atoms with Crippen molar-refractivity contribution in [2.45, 2.75) is 56.9 Å². The van der Waals surface area contributed by atoms with Gasteiger partial charge in [0.1, 0.15) is 6.54 Å². The number of nitrogens with two attached hydrogens (primary N) is 1. The topological polar surface area (TPSA) is 81.6 Å². The third-order valence-corrected chi connectivity index (χ3v) is 7.99. The van der Waals surface area contributed by atoms with Crippen LogP contribution in [0.25, 0.3) is 11.3 Å². The third-order valence-electron chi connectivity index (χ3n) is 7.99. The molecule has 1 aromatic heterocycles. The summed E-state index contributed by atoms with van der Waals surface area (Å²) in [6.07, 6.45) is 8.79. The first-order valence-electron chi connectivity index (χ1n) is 12.4. The summed E-state index contributed by atoms with van der Waals surface area (Å²) >= 11 is 0. The zero-order chi connectivity index (χ0) is 22.8. The SMILES string of the molecule is COCCCN=C(N)NC(=O)Cn1c(-c2ccccc2)ccc1C12CC3CC(CC(C3)C1)C2. The monoisotopic (exact) mass is 448 g/mol. The molecule has 0 spiro atoms. The minimum Gasteiger partial charge on any atom is -0.385 e.